The van der Waals surface area contributed by atoms with Gasteiger partial charge in [0.25, 0.3) is 5.69 Å². The second-order valence-electron chi connectivity index (χ2n) is 6.18. The minimum atomic E-state index is -0.810. The fourth-order valence-corrected chi connectivity index (χ4v) is 3.18. The van der Waals surface area contributed by atoms with E-state index in [2.05, 4.69) is 21.8 Å². The summed E-state index contributed by atoms with van der Waals surface area (Å²) in [4.78, 5) is 40.9. The van der Waals surface area contributed by atoms with Gasteiger partial charge in [-0.2, -0.15) is 0 Å². The lowest BCUT2D eigenvalue weighted by atomic mass is 9.99. The number of aromatic nitrogens is 2. The predicted molar refractivity (Wildman–Crippen MR) is 85.5 cm³/mol. The number of hydrogen-bond donors (Lipinski definition) is 2. The summed E-state index contributed by atoms with van der Waals surface area (Å²) in [6.07, 6.45) is 2.26. The summed E-state index contributed by atoms with van der Waals surface area (Å²) in [5, 5.41) is 11.1. The SMILES string of the molecule is CC1CCCN(Cc2cc([N+](=O)[O-])cc3[nH]c(=O)c(=O)[nH]c23)C1. The lowest BCUT2D eigenvalue weighted by molar-refractivity contribution is -0.384. The Morgan fingerprint density at radius 3 is 2.74 bits per heavy atom. The molecule has 0 bridgehead atoms. The molecule has 0 amide bonds. The van der Waals surface area contributed by atoms with Gasteiger partial charge in [-0.15, -0.1) is 0 Å². The molecule has 3 rings (SSSR count). The van der Waals surface area contributed by atoms with E-state index in [1.54, 1.807) is 0 Å². The van der Waals surface area contributed by atoms with Crippen LogP contribution in [0.1, 0.15) is 25.3 Å². The molecule has 0 radical (unpaired) electrons. The molecule has 1 aromatic carbocycles. The number of fused-ring (bicyclic) bond motifs is 1. The molecule has 0 spiro atoms. The highest BCUT2D eigenvalue weighted by Gasteiger charge is 2.20. The van der Waals surface area contributed by atoms with Gasteiger partial charge in [0.15, 0.2) is 0 Å². The minimum absolute atomic E-state index is 0.0970. The Balaban J connectivity index is 2.09. The molecule has 2 N–H and O–H groups in total. The van der Waals surface area contributed by atoms with Crippen molar-refractivity contribution in [1.82, 2.24) is 14.9 Å². The molecule has 122 valence electrons. The second-order valence-corrected chi connectivity index (χ2v) is 6.18. The molecule has 1 fully saturated rings. The van der Waals surface area contributed by atoms with Gasteiger partial charge in [-0.05, 0) is 30.9 Å². The summed E-state index contributed by atoms with van der Waals surface area (Å²) >= 11 is 0. The standard InChI is InChI=1S/C15H18N4O4/c1-9-3-2-4-18(7-9)8-10-5-11(19(22)23)6-12-13(10)17-15(21)14(20)16-12/h5-6,9H,2-4,7-8H2,1H3,(H,16,20)(H,17,21). The summed E-state index contributed by atoms with van der Waals surface area (Å²) < 4.78 is 0. The lowest BCUT2D eigenvalue weighted by Crippen LogP contribution is -2.34. The monoisotopic (exact) mass is 318 g/mol. The molecule has 8 nitrogen and oxygen atoms in total. The highest BCUT2D eigenvalue weighted by molar-refractivity contribution is 5.80. The smallest absolute Gasteiger partial charge is 0.314 e. The van der Waals surface area contributed by atoms with Crippen LogP contribution in [0.5, 0.6) is 0 Å². The van der Waals surface area contributed by atoms with Crippen molar-refractivity contribution in [3.63, 3.8) is 0 Å². The zero-order valence-electron chi connectivity index (χ0n) is 12.8. The van der Waals surface area contributed by atoms with Crippen LogP contribution in [0.25, 0.3) is 11.0 Å². The molecule has 2 heterocycles. The number of hydrogen-bond acceptors (Lipinski definition) is 5. The molecule has 1 unspecified atom stereocenters. The molecule has 1 aromatic heterocycles. The van der Waals surface area contributed by atoms with E-state index in [0.29, 0.717) is 23.5 Å². The third-order valence-corrected chi connectivity index (χ3v) is 4.24. The summed E-state index contributed by atoms with van der Waals surface area (Å²) in [7, 11) is 0. The number of non-ortho nitro benzene ring substituents is 1. The van der Waals surface area contributed by atoms with Crippen molar-refractivity contribution in [1.29, 1.82) is 0 Å². The lowest BCUT2D eigenvalue weighted by Gasteiger charge is -2.30. The van der Waals surface area contributed by atoms with Gasteiger partial charge in [0.05, 0.1) is 16.0 Å². The van der Waals surface area contributed by atoms with Crippen LogP contribution in [-0.4, -0.2) is 32.9 Å². The van der Waals surface area contributed by atoms with Crippen molar-refractivity contribution in [3.8, 4) is 0 Å². The summed E-state index contributed by atoms with van der Waals surface area (Å²) in [5.74, 6) is 0.576. The largest absolute Gasteiger partial charge is 0.316 e. The number of likely N-dealkylation sites (tertiary alicyclic amines) is 1. The van der Waals surface area contributed by atoms with Gasteiger partial charge in [0, 0.05) is 25.2 Å². The van der Waals surface area contributed by atoms with Gasteiger partial charge in [-0.3, -0.25) is 24.6 Å². The van der Waals surface area contributed by atoms with Crippen LogP contribution < -0.4 is 11.1 Å². The van der Waals surface area contributed by atoms with E-state index in [0.717, 1.165) is 19.5 Å². The van der Waals surface area contributed by atoms with Gasteiger partial charge in [0.2, 0.25) is 0 Å². The Bertz CT molecular complexity index is 870. The van der Waals surface area contributed by atoms with Gasteiger partial charge in [-0.25, -0.2) is 0 Å². The van der Waals surface area contributed by atoms with Crippen LogP contribution in [-0.2, 0) is 6.54 Å². The number of H-pyrrole nitrogens is 2. The number of piperidine rings is 1. The Hall–Kier alpha value is -2.48. The Labute approximate surface area is 131 Å². The zero-order valence-corrected chi connectivity index (χ0v) is 12.8. The number of nitrogens with zero attached hydrogens (tertiary/aromatic N) is 2. The van der Waals surface area contributed by atoms with E-state index in [4.69, 9.17) is 0 Å². The number of nitrogens with one attached hydrogen (secondary N) is 2. The minimum Gasteiger partial charge on any atom is -0.316 e. The van der Waals surface area contributed by atoms with Crippen LogP contribution in [0.15, 0.2) is 21.7 Å². The average molecular weight is 318 g/mol. The molecule has 1 aliphatic heterocycles. The molecule has 1 aliphatic rings. The van der Waals surface area contributed by atoms with Crippen LogP contribution in [0, 0.1) is 16.0 Å². The molecule has 8 heteroatoms. The fraction of sp³-hybridized carbons (Fsp3) is 0.467. The first-order chi connectivity index (χ1) is 10.9. The highest BCUT2D eigenvalue weighted by atomic mass is 16.6. The summed E-state index contributed by atoms with van der Waals surface area (Å²) in [6, 6.07) is 2.74. The van der Waals surface area contributed by atoms with E-state index in [9.17, 15) is 19.7 Å². The fourth-order valence-electron chi connectivity index (χ4n) is 3.18. The van der Waals surface area contributed by atoms with Crippen molar-refractivity contribution < 1.29 is 4.92 Å². The third kappa shape index (κ3) is 3.16. The normalized spacial score (nSPS) is 19.1. The molecule has 23 heavy (non-hydrogen) atoms. The summed E-state index contributed by atoms with van der Waals surface area (Å²) in [6.45, 7) is 4.52. The van der Waals surface area contributed by atoms with E-state index in [1.165, 1.54) is 18.6 Å². The Kier molecular flexibility index (Phi) is 3.99. The molecular formula is C15H18N4O4. The second kappa shape index (κ2) is 5.96. The first-order valence-corrected chi connectivity index (χ1v) is 7.60. The maximum Gasteiger partial charge on any atom is 0.314 e. The van der Waals surface area contributed by atoms with Crippen molar-refractivity contribution in [3.05, 3.63) is 48.5 Å². The van der Waals surface area contributed by atoms with Crippen LogP contribution in [0.4, 0.5) is 5.69 Å². The zero-order chi connectivity index (χ0) is 16.6. The van der Waals surface area contributed by atoms with E-state index >= 15 is 0 Å². The topological polar surface area (TPSA) is 112 Å². The average Bonchev–Trinajstić information content (AvgIpc) is 2.49. The molecular weight excluding hydrogens is 300 g/mol. The molecule has 0 aliphatic carbocycles. The van der Waals surface area contributed by atoms with Gasteiger partial charge in [-0.1, -0.05) is 6.92 Å². The number of nitro groups is 1. The maximum absolute atomic E-state index is 11.6. The van der Waals surface area contributed by atoms with Gasteiger partial charge >= 0.3 is 11.1 Å². The molecule has 2 aromatic rings. The maximum atomic E-state index is 11.6. The molecule has 1 saturated heterocycles. The van der Waals surface area contributed by atoms with Crippen LogP contribution >= 0.6 is 0 Å². The first kappa shape index (κ1) is 15.4. The van der Waals surface area contributed by atoms with Crippen molar-refractivity contribution in [2.24, 2.45) is 5.92 Å². The Morgan fingerprint density at radius 2 is 2.04 bits per heavy atom. The van der Waals surface area contributed by atoms with E-state index in [1.807, 2.05) is 0 Å². The molecule has 0 saturated carbocycles. The first-order valence-electron chi connectivity index (χ1n) is 7.60. The number of benzene rings is 1. The molecule has 1 atom stereocenters. The van der Waals surface area contributed by atoms with E-state index < -0.39 is 16.0 Å². The van der Waals surface area contributed by atoms with Crippen LogP contribution in [0.3, 0.4) is 0 Å². The number of nitro benzene ring substituents is 1. The highest BCUT2D eigenvalue weighted by Crippen LogP contribution is 2.24. The Morgan fingerprint density at radius 1 is 1.30 bits per heavy atom. The van der Waals surface area contributed by atoms with Crippen molar-refractivity contribution in [2.75, 3.05) is 13.1 Å². The number of aromatic amines is 2. The van der Waals surface area contributed by atoms with Crippen LogP contribution in [0.2, 0.25) is 0 Å². The van der Waals surface area contributed by atoms with Crippen molar-refractivity contribution in [2.45, 2.75) is 26.3 Å². The third-order valence-electron chi connectivity index (χ3n) is 4.24. The van der Waals surface area contributed by atoms with E-state index in [-0.39, 0.29) is 11.2 Å². The van der Waals surface area contributed by atoms with Crippen molar-refractivity contribution >= 4 is 16.7 Å². The quantitative estimate of drug-likeness (QED) is 0.504. The predicted octanol–water partition coefficient (Wildman–Crippen LogP) is 1.36. The van der Waals surface area contributed by atoms with Gasteiger partial charge in [0.1, 0.15) is 0 Å². The number of rotatable bonds is 3. The van der Waals surface area contributed by atoms with Gasteiger partial charge < -0.3 is 9.97 Å². The summed E-state index contributed by atoms with van der Waals surface area (Å²) in [5.41, 5.74) is -0.269.